The fourth-order valence-electron chi connectivity index (χ4n) is 2.86. The van der Waals surface area contributed by atoms with E-state index in [1.165, 1.54) is 12.8 Å². The fraction of sp³-hybridized carbons (Fsp3) is 0.438. The van der Waals surface area contributed by atoms with Gasteiger partial charge in [0.15, 0.2) is 0 Å². The third kappa shape index (κ3) is 2.60. The average Bonchev–Trinajstić information content (AvgIpc) is 3.17. The van der Waals surface area contributed by atoms with Gasteiger partial charge in [-0.15, -0.1) is 0 Å². The second-order valence-corrected chi connectivity index (χ2v) is 6.20. The lowest BCUT2D eigenvalue weighted by Crippen LogP contribution is -2.39. The molecule has 1 N–H and O–H groups in total. The number of hydrogen-bond donors (Lipinski definition) is 1. The molecule has 3 nitrogen and oxygen atoms in total. The quantitative estimate of drug-likeness (QED) is 0.915. The first-order valence-electron chi connectivity index (χ1n) is 7.05. The Labute approximate surface area is 124 Å². The third-order valence-electron chi connectivity index (χ3n) is 4.39. The maximum Gasteiger partial charge on any atom is 0.112 e. The minimum absolute atomic E-state index is 0.202. The number of nitrogens with zero attached hydrogens (tertiary/aromatic N) is 2. The second-order valence-electron chi connectivity index (χ2n) is 5.76. The van der Waals surface area contributed by atoms with Gasteiger partial charge in [0.2, 0.25) is 0 Å². The lowest BCUT2D eigenvalue weighted by Gasteiger charge is -2.35. The van der Waals surface area contributed by atoms with Crippen molar-refractivity contribution in [3.8, 4) is 0 Å². The smallest absolute Gasteiger partial charge is 0.112 e. The summed E-state index contributed by atoms with van der Waals surface area (Å²) < 4.78 is 1.80. The molecule has 1 aliphatic carbocycles. The first-order valence-corrected chi connectivity index (χ1v) is 7.43. The topological polar surface area (TPSA) is 38.0 Å². The van der Waals surface area contributed by atoms with E-state index in [9.17, 15) is 5.11 Å². The average molecular weight is 291 g/mol. The van der Waals surface area contributed by atoms with E-state index >= 15 is 0 Å². The summed E-state index contributed by atoms with van der Waals surface area (Å²) in [5.41, 5.74) is 0.00872. The number of benzene rings is 1. The summed E-state index contributed by atoms with van der Waals surface area (Å²) >= 11 is 5.96. The van der Waals surface area contributed by atoms with Crippen molar-refractivity contribution < 1.29 is 5.11 Å². The number of aromatic nitrogens is 2. The molecule has 1 saturated carbocycles. The maximum absolute atomic E-state index is 11.3. The van der Waals surface area contributed by atoms with Crippen LogP contribution >= 0.6 is 11.6 Å². The van der Waals surface area contributed by atoms with Crippen molar-refractivity contribution in [2.45, 2.75) is 31.9 Å². The Kier molecular flexibility index (Phi) is 3.57. The Morgan fingerprint density at radius 3 is 2.65 bits per heavy atom. The molecule has 3 rings (SSSR count). The summed E-state index contributed by atoms with van der Waals surface area (Å²) in [6.07, 6.45) is 6.04. The van der Waals surface area contributed by atoms with Crippen molar-refractivity contribution in [3.05, 3.63) is 53.3 Å². The summed E-state index contributed by atoms with van der Waals surface area (Å²) in [7, 11) is 0. The van der Waals surface area contributed by atoms with Crippen LogP contribution in [-0.2, 0) is 12.1 Å². The molecule has 1 aliphatic rings. The Hall–Kier alpha value is -1.32. The van der Waals surface area contributed by atoms with Crippen LogP contribution in [0.3, 0.4) is 0 Å². The van der Waals surface area contributed by atoms with Gasteiger partial charge in [0.05, 0.1) is 6.54 Å². The van der Waals surface area contributed by atoms with Crippen LogP contribution in [0.15, 0.2) is 42.7 Å². The van der Waals surface area contributed by atoms with E-state index in [2.05, 4.69) is 12.0 Å². The highest BCUT2D eigenvalue weighted by Crippen LogP contribution is 2.46. The first-order chi connectivity index (χ1) is 9.59. The minimum Gasteiger partial charge on any atom is -0.383 e. The standard InChI is InChI=1S/C16H19ClN2O/c1-12(13-3-4-13)16(20,11-19-10-2-9-18-19)14-5-7-15(17)8-6-14/h2,5-10,12-13,20H,3-4,11H2,1H3. The van der Waals surface area contributed by atoms with Gasteiger partial charge in [-0.2, -0.15) is 5.10 Å². The Morgan fingerprint density at radius 2 is 2.10 bits per heavy atom. The molecule has 0 radical (unpaired) electrons. The number of rotatable bonds is 5. The molecule has 1 aromatic carbocycles. The van der Waals surface area contributed by atoms with Crippen LogP contribution in [0, 0.1) is 11.8 Å². The van der Waals surface area contributed by atoms with Gasteiger partial charge >= 0.3 is 0 Å². The van der Waals surface area contributed by atoms with Crippen LogP contribution < -0.4 is 0 Å². The van der Waals surface area contributed by atoms with Gasteiger partial charge in [0.1, 0.15) is 5.60 Å². The number of hydrogen-bond acceptors (Lipinski definition) is 2. The van der Waals surface area contributed by atoms with Crippen molar-refractivity contribution >= 4 is 11.6 Å². The molecule has 1 heterocycles. The second kappa shape index (κ2) is 5.23. The summed E-state index contributed by atoms with van der Waals surface area (Å²) in [4.78, 5) is 0. The van der Waals surface area contributed by atoms with E-state index in [0.717, 1.165) is 5.56 Å². The lowest BCUT2D eigenvalue weighted by molar-refractivity contribution is -0.0441. The van der Waals surface area contributed by atoms with Crippen molar-refractivity contribution in [2.24, 2.45) is 11.8 Å². The molecule has 0 saturated heterocycles. The van der Waals surface area contributed by atoms with Crippen LogP contribution in [-0.4, -0.2) is 14.9 Å². The Balaban J connectivity index is 1.95. The molecule has 20 heavy (non-hydrogen) atoms. The highest BCUT2D eigenvalue weighted by molar-refractivity contribution is 6.30. The zero-order valence-electron chi connectivity index (χ0n) is 11.5. The fourth-order valence-corrected chi connectivity index (χ4v) is 2.99. The van der Waals surface area contributed by atoms with E-state index in [4.69, 9.17) is 11.6 Å². The third-order valence-corrected chi connectivity index (χ3v) is 4.64. The molecule has 0 aliphatic heterocycles. The van der Waals surface area contributed by atoms with Crippen LogP contribution in [0.2, 0.25) is 5.02 Å². The SMILES string of the molecule is CC(C1CC1)C(O)(Cn1cccn1)c1ccc(Cl)cc1. The molecule has 106 valence electrons. The molecule has 2 atom stereocenters. The van der Waals surface area contributed by atoms with Crippen molar-refractivity contribution in [3.63, 3.8) is 0 Å². The van der Waals surface area contributed by atoms with Crippen LogP contribution in [0.4, 0.5) is 0 Å². The predicted octanol–water partition coefficient (Wildman–Crippen LogP) is 3.47. The summed E-state index contributed by atoms with van der Waals surface area (Å²) in [6.45, 7) is 2.61. The van der Waals surface area contributed by atoms with Gasteiger partial charge in [0.25, 0.3) is 0 Å². The molecule has 0 spiro atoms. The Morgan fingerprint density at radius 1 is 1.40 bits per heavy atom. The van der Waals surface area contributed by atoms with Gasteiger partial charge < -0.3 is 5.11 Å². The number of aliphatic hydroxyl groups is 1. The maximum atomic E-state index is 11.3. The van der Waals surface area contributed by atoms with Gasteiger partial charge in [-0.3, -0.25) is 4.68 Å². The van der Waals surface area contributed by atoms with Crippen molar-refractivity contribution in [1.29, 1.82) is 0 Å². The molecular weight excluding hydrogens is 272 g/mol. The highest BCUT2D eigenvalue weighted by Gasteiger charge is 2.44. The van der Waals surface area contributed by atoms with Gasteiger partial charge in [-0.1, -0.05) is 30.7 Å². The van der Waals surface area contributed by atoms with E-state index in [1.807, 2.05) is 36.5 Å². The van der Waals surface area contributed by atoms with Crippen molar-refractivity contribution in [2.75, 3.05) is 0 Å². The lowest BCUT2D eigenvalue weighted by atomic mass is 9.79. The minimum atomic E-state index is -0.905. The largest absolute Gasteiger partial charge is 0.383 e. The normalized spacial score (nSPS) is 19.6. The van der Waals surface area contributed by atoms with E-state index in [1.54, 1.807) is 10.9 Å². The van der Waals surface area contributed by atoms with E-state index in [-0.39, 0.29) is 5.92 Å². The zero-order valence-corrected chi connectivity index (χ0v) is 12.3. The molecule has 0 bridgehead atoms. The Bertz CT molecular complexity index is 563. The molecule has 2 unspecified atom stereocenters. The van der Waals surface area contributed by atoms with Gasteiger partial charge in [0, 0.05) is 17.4 Å². The molecule has 4 heteroatoms. The van der Waals surface area contributed by atoms with Crippen LogP contribution in [0.1, 0.15) is 25.3 Å². The first kappa shape index (κ1) is 13.7. The summed E-state index contributed by atoms with van der Waals surface area (Å²) in [6, 6.07) is 9.40. The number of halogens is 1. The highest BCUT2D eigenvalue weighted by atomic mass is 35.5. The van der Waals surface area contributed by atoms with Gasteiger partial charge in [-0.25, -0.2) is 0 Å². The predicted molar refractivity (Wildman–Crippen MR) is 79.5 cm³/mol. The molecule has 0 amide bonds. The molecule has 1 aromatic heterocycles. The zero-order chi connectivity index (χ0) is 14.2. The monoisotopic (exact) mass is 290 g/mol. The van der Waals surface area contributed by atoms with Gasteiger partial charge in [-0.05, 0) is 48.4 Å². The van der Waals surface area contributed by atoms with Crippen LogP contribution in [0.5, 0.6) is 0 Å². The van der Waals surface area contributed by atoms with E-state index in [0.29, 0.717) is 17.5 Å². The van der Waals surface area contributed by atoms with Crippen LogP contribution in [0.25, 0.3) is 0 Å². The summed E-state index contributed by atoms with van der Waals surface area (Å²) in [5, 5.41) is 16.2. The molecular formula is C16H19ClN2O. The summed E-state index contributed by atoms with van der Waals surface area (Å²) in [5.74, 6) is 0.805. The molecule has 1 fully saturated rings. The molecule has 2 aromatic rings. The van der Waals surface area contributed by atoms with Crippen molar-refractivity contribution in [1.82, 2.24) is 9.78 Å². The van der Waals surface area contributed by atoms with E-state index < -0.39 is 5.60 Å².